The molecule has 2 aromatic heterocycles. The second-order valence-corrected chi connectivity index (χ2v) is 7.73. The van der Waals surface area contributed by atoms with E-state index in [0.717, 1.165) is 31.8 Å². The van der Waals surface area contributed by atoms with E-state index in [4.69, 9.17) is 0 Å². The van der Waals surface area contributed by atoms with Crippen molar-refractivity contribution in [1.29, 1.82) is 0 Å². The van der Waals surface area contributed by atoms with Gasteiger partial charge in [0.25, 0.3) is 5.91 Å². The molecular weight excluding hydrogens is 431 g/mol. The number of benzene rings is 1. The third-order valence-electron chi connectivity index (χ3n) is 5.69. The average molecular weight is 460 g/mol. The van der Waals surface area contributed by atoms with Gasteiger partial charge in [0, 0.05) is 18.8 Å². The van der Waals surface area contributed by atoms with E-state index in [2.05, 4.69) is 46.3 Å². The fraction of sp³-hybridized carbons (Fsp3) is 0.375. The van der Waals surface area contributed by atoms with Gasteiger partial charge in [-0.2, -0.15) is 18.3 Å². The summed E-state index contributed by atoms with van der Waals surface area (Å²) in [4.78, 5) is 19.1. The Morgan fingerprint density at radius 1 is 1.09 bits per heavy atom. The number of likely N-dealkylation sites (N-methyl/N-ethyl adjacent to an activating group) is 1. The van der Waals surface area contributed by atoms with E-state index in [0.29, 0.717) is 17.8 Å². The lowest BCUT2D eigenvalue weighted by Gasteiger charge is -2.30. The van der Waals surface area contributed by atoms with Crippen LogP contribution in [0.4, 0.5) is 13.2 Å². The highest BCUT2D eigenvalue weighted by Gasteiger charge is 2.31. The zero-order valence-electron chi connectivity index (χ0n) is 18.9. The number of aromatic nitrogens is 3. The van der Waals surface area contributed by atoms with Crippen LogP contribution in [0.25, 0.3) is 5.82 Å². The van der Waals surface area contributed by atoms with Crippen LogP contribution in [0.2, 0.25) is 0 Å². The summed E-state index contributed by atoms with van der Waals surface area (Å²) in [5.74, 6) is -0.0690. The van der Waals surface area contributed by atoms with Crippen molar-refractivity contribution >= 4 is 5.91 Å². The van der Waals surface area contributed by atoms with Crippen LogP contribution in [0.1, 0.15) is 41.0 Å². The molecule has 1 unspecified atom stereocenters. The van der Waals surface area contributed by atoms with Gasteiger partial charge in [-0.3, -0.25) is 9.69 Å². The van der Waals surface area contributed by atoms with E-state index >= 15 is 0 Å². The molecule has 176 valence electrons. The monoisotopic (exact) mass is 459 g/mol. The van der Waals surface area contributed by atoms with Gasteiger partial charge in [0.15, 0.2) is 5.82 Å². The van der Waals surface area contributed by atoms with Crippen LogP contribution in [0.15, 0.2) is 54.9 Å². The van der Waals surface area contributed by atoms with Crippen LogP contribution in [0.5, 0.6) is 0 Å². The molecule has 0 bridgehead atoms. The first-order valence-corrected chi connectivity index (χ1v) is 10.9. The van der Waals surface area contributed by atoms with Crippen molar-refractivity contribution < 1.29 is 18.0 Å². The molecule has 33 heavy (non-hydrogen) atoms. The molecule has 9 heteroatoms. The van der Waals surface area contributed by atoms with Crippen molar-refractivity contribution in [2.24, 2.45) is 0 Å². The zero-order chi connectivity index (χ0) is 24.0. The molecule has 0 saturated carbocycles. The molecular formula is C24H28F3N5O. The van der Waals surface area contributed by atoms with E-state index in [1.807, 2.05) is 18.2 Å². The van der Waals surface area contributed by atoms with Gasteiger partial charge in [0.1, 0.15) is 0 Å². The third kappa shape index (κ3) is 5.98. The Kier molecular flexibility index (Phi) is 7.86. The van der Waals surface area contributed by atoms with Crippen LogP contribution in [0.3, 0.4) is 0 Å². The highest BCUT2D eigenvalue weighted by molar-refractivity contribution is 5.95. The molecule has 1 aromatic carbocycles. The number of rotatable bonds is 9. The lowest BCUT2D eigenvalue weighted by Crippen LogP contribution is -2.45. The van der Waals surface area contributed by atoms with Gasteiger partial charge in [0.05, 0.1) is 23.0 Å². The van der Waals surface area contributed by atoms with Gasteiger partial charge in [-0.15, -0.1) is 0 Å². The fourth-order valence-corrected chi connectivity index (χ4v) is 3.80. The standard InChI is InChI=1S/C24H28F3N5O/c1-4-31(5-2)20(13-18-9-7-6-8-10-18)15-29-23(33)21-16-30-32(17(21)3)22-12-11-19(14-28-22)24(25,26)27/h6-12,14,16,20H,4-5,13,15H2,1-3H3,(H,29,33). The van der Waals surface area contributed by atoms with Crippen molar-refractivity contribution in [3.63, 3.8) is 0 Å². The van der Waals surface area contributed by atoms with E-state index in [1.165, 1.54) is 22.5 Å². The fourth-order valence-electron chi connectivity index (χ4n) is 3.80. The summed E-state index contributed by atoms with van der Waals surface area (Å²) in [7, 11) is 0. The van der Waals surface area contributed by atoms with Crippen molar-refractivity contribution in [1.82, 2.24) is 25.0 Å². The first-order chi connectivity index (χ1) is 15.7. The maximum Gasteiger partial charge on any atom is 0.417 e. The number of nitrogens with one attached hydrogen (secondary N) is 1. The summed E-state index contributed by atoms with van der Waals surface area (Å²) in [6, 6.07) is 12.4. The number of halogens is 3. The summed E-state index contributed by atoms with van der Waals surface area (Å²) in [6.07, 6.45) is -1.49. The Bertz CT molecular complexity index is 1040. The Morgan fingerprint density at radius 2 is 1.79 bits per heavy atom. The first-order valence-electron chi connectivity index (χ1n) is 10.9. The van der Waals surface area contributed by atoms with Gasteiger partial charge >= 0.3 is 6.18 Å². The van der Waals surface area contributed by atoms with Gasteiger partial charge in [-0.1, -0.05) is 44.2 Å². The van der Waals surface area contributed by atoms with Crippen molar-refractivity contribution in [3.8, 4) is 5.82 Å². The molecule has 0 aliphatic carbocycles. The van der Waals surface area contributed by atoms with E-state index in [1.54, 1.807) is 6.92 Å². The summed E-state index contributed by atoms with van der Waals surface area (Å²) in [6.45, 7) is 8.05. The second-order valence-electron chi connectivity index (χ2n) is 7.73. The Balaban J connectivity index is 1.72. The zero-order valence-corrected chi connectivity index (χ0v) is 18.9. The normalized spacial score (nSPS) is 12.7. The highest BCUT2D eigenvalue weighted by atomic mass is 19.4. The topological polar surface area (TPSA) is 63.1 Å². The number of alkyl halides is 3. The second kappa shape index (κ2) is 10.6. The number of hydrogen-bond donors (Lipinski definition) is 1. The predicted molar refractivity (Wildman–Crippen MR) is 120 cm³/mol. The molecule has 0 fully saturated rings. The summed E-state index contributed by atoms with van der Waals surface area (Å²) < 4.78 is 39.7. The van der Waals surface area contributed by atoms with E-state index in [9.17, 15) is 18.0 Å². The smallest absolute Gasteiger partial charge is 0.350 e. The van der Waals surface area contributed by atoms with Gasteiger partial charge in [0.2, 0.25) is 0 Å². The number of carbonyl (C=O) groups is 1. The summed E-state index contributed by atoms with van der Waals surface area (Å²) >= 11 is 0. The van der Waals surface area contributed by atoms with Crippen LogP contribution in [-0.4, -0.2) is 51.2 Å². The number of pyridine rings is 1. The Hall–Kier alpha value is -3.20. The number of carbonyl (C=O) groups excluding carboxylic acids is 1. The van der Waals surface area contributed by atoms with Gasteiger partial charge < -0.3 is 5.32 Å². The van der Waals surface area contributed by atoms with Crippen LogP contribution < -0.4 is 5.32 Å². The Morgan fingerprint density at radius 3 is 2.36 bits per heavy atom. The van der Waals surface area contributed by atoms with Crippen molar-refractivity contribution in [2.75, 3.05) is 19.6 Å². The molecule has 2 heterocycles. The molecule has 3 rings (SSSR count). The molecule has 0 aliphatic rings. The first kappa shape index (κ1) is 24.4. The van der Waals surface area contributed by atoms with E-state index in [-0.39, 0.29) is 17.8 Å². The summed E-state index contributed by atoms with van der Waals surface area (Å²) in [5, 5.41) is 7.16. The third-order valence-corrected chi connectivity index (χ3v) is 5.69. The maximum atomic E-state index is 12.9. The van der Waals surface area contributed by atoms with Crippen molar-refractivity contribution in [2.45, 2.75) is 39.4 Å². The van der Waals surface area contributed by atoms with Crippen molar-refractivity contribution in [3.05, 3.63) is 77.2 Å². The molecule has 1 N–H and O–H groups in total. The van der Waals surface area contributed by atoms with Crippen LogP contribution in [0, 0.1) is 6.92 Å². The van der Waals surface area contributed by atoms with Crippen LogP contribution in [-0.2, 0) is 12.6 Å². The largest absolute Gasteiger partial charge is 0.417 e. The molecule has 3 aromatic rings. The minimum absolute atomic E-state index is 0.123. The molecule has 0 aliphatic heterocycles. The Labute approximate surface area is 191 Å². The maximum absolute atomic E-state index is 12.9. The summed E-state index contributed by atoms with van der Waals surface area (Å²) in [5.41, 5.74) is 1.22. The lowest BCUT2D eigenvalue weighted by atomic mass is 10.0. The molecule has 0 radical (unpaired) electrons. The molecule has 1 amide bonds. The SMILES string of the molecule is CCN(CC)C(CNC(=O)c1cnn(-c2ccc(C(F)(F)F)cn2)c1C)Cc1ccccc1. The molecule has 6 nitrogen and oxygen atoms in total. The number of nitrogens with zero attached hydrogens (tertiary/aromatic N) is 4. The quantitative estimate of drug-likeness (QED) is 0.519. The molecule has 0 spiro atoms. The van der Waals surface area contributed by atoms with Gasteiger partial charge in [-0.25, -0.2) is 9.67 Å². The number of amides is 1. The minimum atomic E-state index is -4.46. The number of hydrogen-bond acceptors (Lipinski definition) is 4. The minimum Gasteiger partial charge on any atom is -0.350 e. The van der Waals surface area contributed by atoms with Crippen LogP contribution >= 0.6 is 0 Å². The van der Waals surface area contributed by atoms with Gasteiger partial charge in [-0.05, 0) is 44.1 Å². The van der Waals surface area contributed by atoms with E-state index < -0.39 is 11.7 Å². The highest BCUT2D eigenvalue weighted by Crippen LogP contribution is 2.28. The predicted octanol–water partition coefficient (Wildman–Crippen LogP) is 4.28. The molecule has 0 saturated heterocycles. The average Bonchev–Trinajstić information content (AvgIpc) is 3.19. The lowest BCUT2D eigenvalue weighted by molar-refractivity contribution is -0.137. The molecule has 1 atom stereocenters.